The van der Waals surface area contributed by atoms with Crippen molar-refractivity contribution in [2.75, 3.05) is 27.2 Å². The fourth-order valence-electron chi connectivity index (χ4n) is 3.61. The van der Waals surface area contributed by atoms with Crippen LogP contribution in [0.1, 0.15) is 38.5 Å². The van der Waals surface area contributed by atoms with Gasteiger partial charge in [0.1, 0.15) is 6.04 Å². The normalized spacial score (nSPS) is 30.4. The maximum Gasteiger partial charge on any atom is 0.244 e. The van der Waals surface area contributed by atoms with Gasteiger partial charge < -0.3 is 15.5 Å². The monoisotopic (exact) mass is 281 g/mol. The van der Waals surface area contributed by atoms with Gasteiger partial charge in [0.25, 0.3) is 0 Å². The Kier molecular flexibility index (Phi) is 5.02. The first-order valence-corrected chi connectivity index (χ1v) is 7.78. The predicted octanol–water partition coefficient (Wildman–Crippen LogP) is 0.831. The molecule has 0 aromatic carbocycles. The molecule has 1 saturated heterocycles. The molecule has 1 aliphatic carbocycles. The van der Waals surface area contributed by atoms with Gasteiger partial charge in [-0.05, 0) is 38.1 Å². The van der Waals surface area contributed by atoms with Crippen molar-refractivity contribution in [1.82, 2.24) is 9.80 Å². The number of hydrogen-bond donors (Lipinski definition) is 1. The third-order valence-corrected chi connectivity index (χ3v) is 4.79. The van der Waals surface area contributed by atoms with Crippen LogP contribution in [0, 0.1) is 11.8 Å². The number of nitrogens with two attached hydrogens (primary N) is 1. The van der Waals surface area contributed by atoms with E-state index in [4.69, 9.17) is 5.73 Å². The van der Waals surface area contributed by atoms with E-state index in [-0.39, 0.29) is 23.8 Å². The van der Waals surface area contributed by atoms with Crippen LogP contribution in [-0.4, -0.2) is 54.8 Å². The second-order valence-electron chi connectivity index (χ2n) is 6.31. The van der Waals surface area contributed by atoms with Gasteiger partial charge in [0, 0.05) is 26.6 Å². The highest BCUT2D eigenvalue weighted by molar-refractivity contribution is 5.89. The molecule has 20 heavy (non-hydrogen) atoms. The topological polar surface area (TPSA) is 66.6 Å². The molecule has 1 saturated carbocycles. The SMILES string of the molecule is CN(C)C(=O)C1CCCN1C(=O)C1CCCCC1CN. The lowest BCUT2D eigenvalue weighted by atomic mass is 9.78. The van der Waals surface area contributed by atoms with Crippen LogP contribution in [0.5, 0.6) is 0 Å². The molecule has 5 nitrogen and oxygen atoms in total. The van der Waals surface area contributed by atoms with E-state index in [0.717, 1.165) is 38.6 Å². The van der Waals surface area contributed by atoms with Crippen molar-refractivity contribution in [3.63, 3.8) is 0 Å². The maximum atomic E-state index is 12.8. The Bertz CT molecular complexity index is 370. The van der Waals surface area contributed by atoms with Crippen molar-refractivity contribution in [1.29, 1.82) is 0 Å². The summed E-state index contributed by atoms with van der Waals surface area (Å²) in [6, 6.07) is -0.252. The van der Waals surface area contributed by atoms with E-state index in [9.17, 15) is 9.59 Å². The van der Waals surface area contributed by atoms with E-state index in [1.165, 1.54) is 6.42 Å². The number of amides is 2. The molecule has 5 heteroatoms. The number of carbonyl (C=O) groups is 2. The van der Waals surface area contributed by atoms with E-state index in [1.54, 1.807) is 19.0 Å². The average molecular weight is 281 g/mol. The third-order valence-electron chi connectivity index (χ3n) is 4.79. The molecule has 2 fully saturated rings. The highest BCUT2D eigenvalue weighted by Gasteiger charge is 2.40. The van der Waals surface area contributed by atoms with Crippen molar-refractivity contribution in [2.45, 2.75) is 44.6 Å². The molecule has 1 heterocycles. The largest absolute Gasteiger partial charge is 0.347 e. The van der Waals surface area contributed by atoms with Gasteiger partial charge >= 0.3 is 0 Å². The van der Waals surface area contributed by atoms with Crippen molar-refractivity contribution in [3.8, 4) is 0 Å². The Morgan fingerprint density at radius 1 is 1.15 bits per heavy atom. The van der Waals surface area contributed by atoms with Crippen LogP contribution >= 0.6 is 0 Å². The lowest BCUT2D eigenvalue weighted by Crippen LogP contribution is -2.49. The molecule has 0 radical (unpaired) electrons. The van der Waals surface area contributed by atoms with E-state index in [2.05, 4.69) is 0 Å². The Morgan fingerprint density at radius 3 is 2.50 bits per heavy atom. The van der Waals surface area contributed by atoms with Crippen LogP contribution in [0.15, 0.2) is 0 Å². The Balaban J connectivity index is 2.08. The quantitative estimate of drug-likeness (QED) is 0.833. The lowest BCUT2D eigenvalue weighted by Gasteiger charge is -2.35. The summed E-state index contributed by atoms with van der Waals surface area (Å²) in [5, 5.41) is 0. The molecule has 114 valence electrons. The van der Waals surface area contributed by atoms with Gasteiger partial charge in [-0.15, -0.1) is 0 Å². The van der Waals surface area contributed by atoms with Crippen molar-refractivity contribution < 1.29 is 9.59 Å². The summed E-state index contributed by atoms with van der Waals surface area (Å²) in [7, 11) is 3.51. The van der Waals surface area contributed by atoms with E-state index in [0.29, 0.717) is 12.5 Å². The number of rotatable bonds is 3. The molecule has 0 aromatic heterocycles. The van der Waals surface area contributed by atoms with Crippen molar-refractivity contribution in [2.24, 2.45) is 17.6 Å². The summed E-state index contributed by atoms with van der Waals surface area (Å²) in [6.45, 7) is 1.30. The molecular formula is C15H27N3O2. The second kappa shape index (κ2) is 6.57. The highest BCUT2D eigenvalue weighted by Crippen LogP contribution is 2.33. The van der Waals surface area contributed by atoms with Crippen molar-refractivity contribution in [3.05, 3.63) is 0 Å². The zero-order valence-electron chi connectivity index (χ0n) is 12.7. The van der Waals surface area contributed by atoms with Gasteiger partial charge in [0.2, 0.25) is 11.8 Å². The minimum Gasteiger partial charge on any atom is -0.347 e. The van der Waals surface area contributed by atoms with E-state index in [1.807, 2.05) is 4.90 Å². The molecule has 2 aliphatic rings. The molecule has 3 unspecified atom stereocenters. The Hall–Kier alpha value is -1.10. The third kappa shape index (κ3) is 2.97. The van der Waals surface area contributed by atoms with Gasteiger partial charge in [-0.3, -0.25) is 9.59 Å². The number of nitrogens with zero attached hydrogens (tertiary/aromatic N) is 2. The minimum atomic E-state index is -0.252. The fraction of sp³-hybridized carbons (Fsp3) is 0.867. The lowest BCUT2D eigenvalue weighted by molar-refractivity contribution is -0.146. The smallest absolute Gasteiger partial charge is 0.244 e. The standard InChI is InChI=1S/C15H27N3O2/c1-17(2)15(20)13-8-5-9-18(13)14(19)12-7-4-3-6-11(12)10-16/h11-13H,3-10,16H2,1-2H3. The highest BCUT2D eigenvalue weighted by atomic mass is 16.2. The maximum absolute atomic E-state index is 12.8. The molecular weight excluding hydrogens is 254 g/mol. The summed E-state index contributed by atoms with van der Waals surface area (Å²) in [5.74, 6) is 0.546. The summed E-state index contributed by atoms with van der Waals surface area (Å²) < 4.78 is 0. The van der Waals surface area contributed by atoms with Crippen LogP contribution in [0.2, 0.25) is 0 Å². The summed E-state index contributed by atoms with van der Waals surface area (Å²) in [5.41, 5.74) is 5.83. The van der Waals surface area contributed by atoms with Gasteiger partial charge in [0.05, 0.1) is 0 Å². The van der Waals surface area contributed by atoms with Gasteiger partial charge in [-0.1, -0.05) is 12.8 Å². The van der Waals surface area contributed by atoms with Crippen LogP contribution in [0.25, 0.3) is 0 Å². The Labute approximate surface area is 121 Å². The summed E-state index contributed by atoms with van der Waals surface area (Å²) >= 11 is 0. The summed E-state index contributed by atoms with van der Waals surface area (Å²) in [4.78, 5) is 28.4. The van der Waals surface area contributed by atoms with E-state index >= 15 is 0 Å². The molecule has 0 bridgehead atoms. The molecule has 0 spiro atoms. The number of likely N-dealkylation sites (tertiary alicyclic amines) is 1. The van der Waals surface area contributed by atoms with Crippen molar-refractivity contribution >= 4 is 11.8 Å². The number of hydrogen-bond acceptors (Lipinski definition) is 3. The predicted molar refractivity (Wildman–Crippen MR) is 77.9 cm³/mol. The average Bonchev–Trinajstić information content (AvgIpc) is 2.94. The minimum absolute atomic E-state index is 0.0318. The van der Waals surface area contributed by atoms with Gasteiger partial charge in [-0.25, -0.2) is 0 Å². The van der Waals surface area contributed by atoms with E-state index < -0.39 is 0 Å². The number of likely N-dealkylation sites (N-methyl/N-ethyl adjacent to an activating group) is 1. The Morgan fingerprint density at radius 2 is 1.85 bits per heavy atom. The van der Waals surface area contributed by atoms with Crippen LogP contribution in [0.3, 0.4) is 0 Å². The van der Waals surface area contributed by atoms with Crippen LogP contribution in [-0.2, 0) is 9.59 Å². The first-order chi connectivity index (χ1) is 9.56. The van der Waals surface area contributed by atoms with Gasteiger partial charge in [0.15, 0.2) is 0 Å². The molecule has 1 aliphatic heterocycles. The first-order valence-electron chi connectivity index (χ1n) is 7.78. The molecule has 0 aromatic rings. The molecule has 2 amide bonds. The molecule has 3 atom stereocenters. The van der Waals surface area contributed by atoms with Crippen LogP contribution < -0.4 is 5.73 Å². The molecule has 2 N–H and O–H groups in total. The first kappa shape index (κ1) is 15.3. The summed E-state index contributed by atoms with van der Waals surface area (Å²) in [6.07, 6.45) is 5.98. The van der Waals surface area contributed by atoms with Crippen LogP contribution in [0.4, 0.5) is 0 Å². The number of carbonyl (C=O) groups excluding carboxylic acids is 2. The second-order valence-corrected chi connectivity index (χ2v) is 6.31. The van der Waals surface area contributed by atoms with Gasteiger partial charge in [-0.2, -0.15) is 0 Å². The zero-order valence-corrected chi connectivity index (χ0v) is 12.7. The zero-order chi connectivity index (χ0) is 14.7. The molecule has 2 rings (SSSR count). The fourth-order valence-corrected chi connectivity index (χ4v) is 3.61.